The van der Waals surface area contributed by atoms with E-state index in [0.717, 1.165) is 11.0 Å². The highest BCUT2D eigenvalue weighted by Crippen LogP contribution is 2.13. The second kappa shape index (κ2) is 19.2. The maximum absolute atomic E-state index is 9.01. The summed E-state index contributed by atoms with van der Waals surface area (Å²) in [4.78, 5) is 0. The van der Waals surface area contributed by atoms with Crippen molar-refractivity contribution in [3.05, 3.63) is 0 Å². The fourth-order valence-electron chi connectivity index (χ4n) is 3.29. The summed E-state index contributed by atoms with van der Waals surface area (Å²) >= 11 is 0. The molecule has 0 saturated carbocycles. The van der Waals surface area contributed by atoms with Gasteiger partial charge in [0.05, 0.1) is 27.2 Å². The van der Waals surface area contributed by atoms with Gasteiger partial charge >= 0.3 is 0 Å². The molecule has 0 aromatic heterocycles. The number of aliphatic hydroxyl groups is 1. The number of quaternary nitrogens is 1. The monoisotopic (exact) mass is 344 g/mol. The topological polar surface area (TPSA) is 20.2 Å². The van der Waals surface area contributed by atoms with E-state index in [2.05, 4.69) is 21.0 Å². The van der Waals surface area contributed by atoms with Crippen LogP contribution in [0.15, 0.2) is 0 Å². The van der Waals surface area contributed by atoms with Crippen LogP contribution in [0, 0.1) is 0 Å². The molecule has 0 amide bonds. The quantitative estimate of drug-likeness (QED) is 0.220. The van der Waals surface area contributed by atoms with Gasteiger partial charge in [0, 0.05) is 0 Å². The zero-order valence-electron chi connectivity index (χ0n) is 16.6. The fourth-order valence-corrected chi connectivity index (χ4v) is 3.29. The number of aliphatic hydroxyl groups excluding tert-OH is 1. The van der Waals surface area contributed by atoms with E-state index < -0.39 is 0 Å². The lowest BCUT2D eigenvalue weighted by Gasteiger charge is -2.28. The third-order valence-corrected chi connectivity index (χ3v) is 5.07. The van der Waals surface area contributed by atoms with Crippen molar-refractivity contribution in [2.45, 2.75) is 111 Å². The molecule has 148 valence electrons. The predicted octanol–water partition coefficient (Wildman–Crippen LogP) is 6.56. The molecule has 0 fully saturated rings. The highest BCUT2D eigenvalue weighted by atomic mass is 16.3. The van der Waals surface area contributed by atoms with Crippen LogP contribution in [-0.2, 0) is 0 Å². The van der Waals surface area contributed by atoms with Crippen LogP contribution < -0.4 is 0 Å². The standard InChI is InChI=1S/C21H46NO.CH4/c1-4-5-6-7-8-9-10-11-12-13-14-15-16-17-18-19-22(2,3)20-21-23;/h23H,4-21H2,1-3H3;1H4/q+1;. The Labute approximate surface area is 154 Å². The second-order valence-corrected chi connectivity index (χ2v) is 8.06. The number of likely N-dealkylation sites (N-methyl/N-ethyl adjacent to an activating group) is 1. The van der Waals surface area contributed by atoms with Gasteiger partial charge in [-0.25, -0.2) is 0 Å². The molecule has 0 rings (SSSR count). The molecule has 0 aliphatic rings. The number of hydrogen-bond acceptors (Lipinski definition) is 1. The molecule has 0 aliphatic heterocycles. The first-order chi connectivity index (χ1) is 11.1. The summed E-state index contributed by atoms with van der Waals surface area (Å²) < 4.78 is 0.967. The highest BCUT2D eigenvalue weighted by molar-refractivity contribution is 4.49. The number of unbranched alkanes of at least 4 members (excludes halogenated alkanes) is 14. The predicted molar refractivity (Wildman–Crippen MR) is 111 cm³/mol. The Kier molecular flexibility index (Phi) is 21.0. The highest BCUT2D eigenvalue weighted by Gasteiger charge is 2.12. The fraction of sp³-hybridized carbons (Fsp3) is 1.00. The molecular weight excluding hydrogens is 294 g/mol. The van der Waals surface area contributed by atoms with E-state index in [4.69, 9.17) is 5.11 Å². The minimum atomic E-state index is 0. The molecule has 0 saturated heterocycles. The van der Waals surface area contributed by atoms with Crippen LogP contribution in [0.3, 0.4) is 0 Å². The Morgan fingerprint density at radius 3 is 1.21 bits per heavy atom. The first kappa shape index (κ1) is 26.2. The van der Waals surface area contributed by atoms with Crippen molar-refractivity contribution in [3.8, 4) is 0 Å². The van der Waals surface area contributed by atoms with Crippen LogP contribution in [0.1, 0.15) is 111 Å². The molecule has 0 atom stereocenters. The van der Waals surface area contributed by atoms with Gasteiger partial charge in [0.15, 0.2) is 0 Å². The molecule has 0 spiro atoms. The van der Waals surface area contributed by atoms with Gasteiger partial charge in [0.1, 0.15) is 6.54 Å². The average Bonchev–Trinajstić information content (AvgIpc) is 2.51. The number of nitrogens with zero attached hydrogens (tertiary/aromatic N) is 1. The summed E-state index contributed by atoms with van der Waals surface area (Å²) in [5.41, 5.74) is 0. The molecule has 2 heteroatoms. The maximum Gasteiger partial charge on any atom is 0.102 e. The van der Waals surface area contributed by atoms with Crippen LogP contribution in [0.4, 0.5) is 0 Å². The molecule has 0 aromatic carbocycles. The zero-order valence-corrected chi connectivity index (χ0v) is 16.6. The molecule has 0 aromatic rings. The van der Waals surface area contributed by atoms with Gasteiger partial charge in [0.25, 0.3) is 0 Å². The van der Waals surface area contributed by atoms with Crippen LogP contribution in [0.5, 0.6) is 0 Å². The van der Waals surface area contributed by atoms with Crippen molar-refractivity contribution in [3.63, 3.8) is 0 Å². The van der Waals surface area contributed by atoms with E-state index in [-0.39, 0.29) is 7.43 Å². The van der Waals surface area contributed by atoms with Crippen LogP contribution >= 0.6 is 0 Å². The summed E-state index contributed by atoms with van der Waals surface area (Å²) in [5.74, 6) is 0. The van der Waals surface area contributed by atoms with Gasteiger partial charge < -0.3 is 9.59 Å². The molecule has 24 heavy (non-hydrogen) atoms. The SMILES string of the molecule is C.CCCCCCCCCCCCCCCCC[N+](C)(C)CCO. The Morgan fingerprint density at radius 1 is 0.542 bits per heavy atom. The normalized spacial score (nSPS) is 11.5. The van der Waals surface area contributed by atoms with Crippen molar-refractivity contribution in [1.82, 2.24) is 0 Å². The minimum absolute atomic E-state index is 0. The molecule has 1 N–H and O–H groups in total. The van der Waals surface area contributed by atoms with Crippen molar-refractivity contribution in [2.75, 3.05) is 33.8 Å². The largest absolute Gasteiger partial charge is 0.391 e. The lowest BCUT2D eigenvalue weighted by Crippen LogP contribution is -2.42. The molecule has 0 bridgehead atoms. The first-order valence-corrected chi connectivity index (χ1v) is 10.6. The Balaban J connectivity index is 0. The van der Waals surface area contributed by atoms with Gasteiger partial charge in [-0.15, -0.1) is 0 Å². The van der Waals surface area contributed by atoms with E-state index in [1.165, 1.54) is 103 Å². The van der Waals surface area contributed by atoms with E-state index in [1.807, 2.05) is 0 Å². The van der Waals surface area contributed by atoms with Gasteiger partial charge in [0.2, 0.25) is 0 Å². The summed E-state index contributed by atoms with van der Waals surface area (Å²) in [7, 11) is 4.44. The van der Waals surface area contributed by atoms with E-state index in [1.54, 1.807) is 0 Å². The van der Waals surface area contributed by atoms with Gasteiger partial charge in [-0.2, -0.15) is 0 Å². The number of rotatable bonds is 18. The van der Waals surface area contributed by atoms with Crippen LogP contribution in [0.25, 0.3) is 0 Å². The Bertz CT molecular complexity index is 228. The maximum atomic E-state index is 9.01. The van der Waals surface area contributed by atoms with Crippen molar-refractivity contribution >= 4 is 0 Å². The molecule has 0 aliphatic carbocycles. The Hall–Kier alpha value is -0.0800. The summed E-state index contributed by atoms with van der Waals surface area (Å²) in [6.07, 6.45) is 21.4. The molecule has 0 unspecified atom stereocenters. The summed E-state index contributed by atoms with van der Waals surface area (Å²) in [6, 6.07) is 0. The van der Waals surface area contributed by atoms with Crippen molar-refractivity contribution in [1.29, 1.82) is 0 Å². The first-order valence-electron chi connectivity index (χ1n) is 10.6. The number of hydrogen-bond donors (Lipinski definition) is 1. The second-order valence-electron chi connectivity index (χ2n) is 8.06. The van der Waals surface area contributed by atoms with Gasteiger partial charge in [-0.3, -0.25) is 0 Å². The van der Waals surface area contributed by atoms with E-state index >= 15 is 0 Å². The third-order valence-electron chi connectivity index (χ3n) is 5.07. The van der Waals surface area contributed by atoms with Gasteiger partial charge in [-0.05, 0) is 12.8 Å². The van der Waals surface area contributed by atoms with E-state index in [9.17, 15) is 0 Å². The summed E-state index contributed by atoms with van der Waals surface area (Å²) in [5, 5.41) is 9.01. The lowest BCUT2D eigenvalue weighted by molar-refractivity contribution is -0.890. The molecule has 2 nitrogen and oxygen atoms in total. The summed E-state index contributed by atoms with van der Waals surface area (Å²) in [6.45, 7) is 4.69. The molecule has 0 heterocycles. The Morgan fingerprint density at radius 2 is 0.875 bits per heavy atom. The lowest BCUT2D eigenvalue weighted by atomic mass is 10.0. The van der Waals surface area contributed by atoms with Gasteiger partial charge in [-0.1, -0.05) is 97.8 Å². The molecular formula is C22H50NO+. The van der Waals surface area contributed by atoms with Crippen molar-refractivity contribution < 1.29 is 9.59 Å². The van der Waals surface area contributed by atoms with E-state index in [0.29, 0.717) is 6.61 Å². The van der Waals surface area contributed by atoms with Crippen LogP contribution in [-0.4, -0.2) is 43.4 Å². The average molecular weight is 345 g/mol. The minimum Gasteiger partial charge on any atom is -0.391 e. The molecule has 0 radical (unpaired) electrons. The zero-order chi connectivity index (χ0) is 17.2. The third kappa shape index (κ3) is 20.0. The van der Waals surface area contributed by atoms with Crippen LogP contribution in [0.2, 0.25) is 0 Å². The smallest absolute Gasteiger partial charge is 0.102 e. The van der Waals surface area contributed by atoms with Crippen molar-refractivity contribution in [2.24, 2.45) is 0 Å².